The predicted molar refractivity (Wildman–Crippen MR) is 123 cm³/mol. The third-order valence-electron chi connectivity index (χ3n) is 5.81. The van der Waals surface area contributed by atoms with Gasteiger partial charge in [-0.3, -0.25) is 4.79 Å². The third-order valence-corrected chi connectivity index (χ3v) is 5.81. The maximum absolute atomic E-state index is 12.6. The number of aromatic hydroxyl groups is 1. The second-order valence-corrected chi connectivity index (χ2v) is 8.25. The maximum atomic E-state index is 12.6. The standard InChI is InChI=1S/C25H24N2O7/c1-12-6-20(23-13(2)14(3)25(32)34-21(23)7-12)33-11-22(29)27-19(24(30)31)8-15-10-26-18-5-4-16(28)9-17(15)18/h4-7,9-10,19,26,28H,8,11H2,1-3H3,(H,27,29)(H,30,31)/p-1/t19-/m0/s1. The molecule has 0 aliphatic rings. The fourth-order valence-corrected chi connectivity index (χ4v) is 3.93. The van der Waals surface area contributed by atoms with Crippen molar-refractivity contribution in [2.24, 2.45) is 0 Å². The van der Waals surface area contributed by atoms with Gasteiger partial charge in [-0.05, 0) is 67.8 Å². The van der Waals surface area contributed by atoms with Gasteiger partial charge in [0.2, 0.25) is 0 Å². The van der Waals surface area contributed by atoms with Gasteiger partial charge in [-0.1, -0.05) is 0 Å². The van der Waals surface area contributed by atoms with Crippen LogP contribution in [0, 0.1) is 20.8 Å². The van der Waals surface area contributed by atoms with Crippen LogP contribution in [0.25, 0.3) is 21.9 Å². The Morgan fingerprint density at radius 3 is 2.68 bits per heavy atom. The Balaban J connectivity index is 1.52. The number of nitrogens with one attached hydrogen (secondary N) is 2. The lowest BCUT2D eigenvalue weighted by molar-refractivity contribution is -0.308. The van der Waals surface area contributed by atoms with Gasteiger partial charge in [0, 0.05) is 29.1 Å². The topological polar surface area (TPSA) is 145 Å². The normalized spacial score (nSPS) is 12.1. The highest BCUT2D eigenvalue weighted by molar-refractivity contribution is 5.90. The predicted octanol–water partition coefficient (Wildman–Crippen LogP) is 1.76. The largest absolute Gasteiger partial charge is 0.548 e. The van der Waals surface area contributed by atoms with E-state index in [-0.39, 0.29) is 12.2 Å². The number of amides is 1. The molecular formula is C25H23N2O7-. The summed E-state index contributed by atoms with van der Waals surface area (Å²) < 4.78 is 11.1. The Bertz CT molecular complexity index is 1480. The molecule has 3 N–H and O–H groups in total. The summed E-state index contributed by atoms with van der Waals surface area (Å²) in [5.74, 6) is -1.70. The number of hydrogen-bond donors (Lipinski definition) is 3. The number of fused-ring (bicyclic) bond motifs is 2. The number of aromatic amines is 1. The van der Waals surface area contributed by atoms with Crippen molar-refractivity contribution in [3.63, 3.8) is 0 Å². The SMILES string of the molecule is Cc1cc(OCC(=O)N[C@@H](Cc2c[nH]c3ccc(O)cc23)C(=O)[O-])c2c(C)c(C)c(=O)oc2c1. The Hall–Kier alpha value is -4.27. The molecule has 0 radical (unpaired) electrons. The minimum absolute atomic E-state index is 0.0440. The highest BCUT2D eigenvalue weighted by atomic mass is 16.5. The monoisotopic (exact) mass is 463 g/mol. The summed E-state index contributed by atoms with van der Waals surface area (Å²) in [6.07, 6.45) is 1.58. The number of aliphatic carboxylic acids is 1. The molecule has 2 aromatic heterocycles. The minimum Gasteiger partial charge on any atom is -0.548 e. The number of carboxylic acid groups (broad SMARTS) is 1. The van der Waals surface area contributed by atoms with Gasteiger partial charge in [0.15, 0.2) is 6.61 Å². The maximum Gasteiger partial charge on any atom is 0.339 e. The molecule has 1 amide bonds. The summed E-state index contributed by atoms with van der Waals surface area (Å²) in [6.45, 7) is 4.76. The highest BCUT2D eigenvalue weighted by Crippen LogP contribution is 2.31. The molecule has 0 aliphatic heterocycles. The van der Waals surface area contributed by atoms with E-state index < -0.39 is 30.2 Å². The number of phenolic OH excluding ortho intramolecular Hbond substituents is 1. The number of phenols is 1. The van der Waals surface area contributed by atoms with Crippen molar-refractivity contribution in [3.05, 3.63) is 69.2 Å². The molecule has 2 aromatic carbocycles. The molecule has 0 saturated heterocycles. The number of aromatic nitrogens is 1. The second kappa shape index (κ2) is 8.93. The van der Waals surface area contributed by atoms with E-state index in [1.54, 1.807) is 45.2 Å². The van der Waals surface area contributed by atoms with Crippen LogP contribution < -0.4 is 20.8 Å². The molecule has 0 saturated carbocycles. The van der Waals surface area contributed by atoms with Crippen LogP contribution in [0.3, 0.4) is 0 Å². The fraction of sp³-hybridized carbons (Fsp3) is 0.240. The van der Waals surface area contributed by atoms with Crippen molar-refractivity contribution >= 4 is 33.7 Å². The Labute approximate surface area is 194 Å². The lowest BCUT2D eigenvalue weighted by atomic mass is 10.0. The number of benzene rings is 2. The fourth-order valence-electron chi connectivity index (χ4n) is 3.93. The van der Waals surface area contributed by atoms with E-state index in [2.05, 4.69) is 10.3 Å². The second-order valence-electron chi connectivity index (χ2n) is 8.25. The average molecular weight is 463 g/mol. The van der Waals surface area contributed by atoms with Gasteiger partial charge in [0.1, 0.15) is 17.1 Å². The molecule has 2 heterocycles. The first-order valence-corrected chi connectivity index (χ1v) is 10.6. The van der Waals surface area contributed by atoms with Crippen LogP contribution in [0.5, 0.6) is 11.5 Å². The summed E-state index contributed by atoms with van der Waals surface area (Å²) in [4.78, 5) is 39.3. The van der Waals surface area contributed by atoms with Gasteiger partial charge in [0.05, 0.1) is 17.4 Å². The number of aryl methyl sites for hydroxylation is 2. The average Bonchev–Trinajstić information content (AvgIpc) is 3.16. The molecule has 0 fully saturated rings. The van der Waals surface area contributed by atoms with Crippen molar-refractivity contribution in [1.82, 2.24) is 10.3 Å². The number of carbonyl (C=O) groups is 2. The van der Waals surface area contributed by atoms with E-state index in [1.807, 2.05) is 0 Å². The van der Waals surface area contributed by atoms with Crippen molar-refractivity contribution < 1.29 is 29.0 Å². The minimum atomic E-state index is -1.45. The highest BCUT2D eigenvalue weighted by Gasteiger charge is 2.19. The number of H-pyrrole nitrogens is 1. The quantitative estimate of drug-likeness (QED) is 0.354. The Morgan fingerprint density at radius 1 is 1.18 bits per heavy atom. The van der Waals surface area contributed by atoms with Crippen LogP contribution in [-0.2, 0) is 16.0 Å². The van der Waals surface area contributed by atoms with E-state index in [1.165, 1.54) is 12.1 Å². The molecule has 1 atom stereocenters. The first kappa shape index (κ1) is 22.9. The third kappa shape index (κ3) is 4.45. The first-order chi connectivity index (χ1) is 16.1. The van der Waals surface area contributed by atoms with Gasteiger partial charge in [-0.2, -0.15) is 0 Å². The van der Waals surface area contributed by atoms with Crippen LogP contribution >= 0.6 is 0 Å². The summed E-state index contributed by atoms with van der Waals surface area (Å²) in [5, 5.41) is 25.1. The number of carboxylic acids is 1. The summed E-state index contributed by atoms with van der Waals surface area (Å²) in [7, 11) is 0. The first-order valence-electron chi connectivity index (χ1n) is 10.6. The molecule has 34 heavy (non-hydrogen) atoms. The lowest BCUT2D eigenvalue weighted by Gasteiger charge is -2.20. The van der Waals surface area contributed by atoms with Crippen LogP contribution in [0.4, 0.5) is 0 Å². The van der Waals surface area contributed by atoms with Crippen molar-refractivity contribution in [1.29, 1.82) is 0 Å². The Morgan fingerprint density at radius 2 is 1.94 bits per heavy atom. The molecule has 4 aromatic rings. The van der Waals surface area contributed by atoms with E-state index >= 15 is 0 Å². The van der Waals surface area contributed by atoms with Crippen molar-refractivity contribution in [2.45, 2.75) is 33.2 Å². The lowest BCUT2D eigenvalue weighted by Crippen LogP contribution is -2.50. The van der Waals surface area contributed by atoms with E-state index in [4.69, 9.17) is 9.15 Å². The molecule has 9 nitrogen and oxygen atoms in total. The molecule has 0 bridgehead atoms. The smallest absolute Gasteiger partial charge is 0.339 e. The summed E-state index contributed by atoms with van der Waals surface area (Å²) in [6, 6.07) is 6.82. The summed E-state index contributed by atoms with van der Waals surface area (Å²) >= 11 is 0. The van der Waals surface area contributed by atoms with Gasteiger partial charge in [-0.25, -0.2) is 4.79 Å². The number of ether oxygens (including phenoxy) is 1. The molecule has 176 valence electrons. The zero-order valence-corrected chi connectivity index (χ0v) is 18.9. The van der Waals surface area contributed by atoms with Gasteiger partial charge >= 0.3 is 5.63 Å². The van der Waals surface area contributed by atoms with E-state index in [0.29, 0.717) is 38.8 Å². The molecule has 0 unspecified atom stereocenters. The van der Waals surface area contributed by atoms with Crippen LogP contribution in [0.2, 0.25) is 0 Å². The molecule has 0 spiro atoms. The van der Waals surface area contributed by atoms with Gasteiger partial charge in [-0.15, -0.1) is 0 Å². The zero-order valence-electron chi connectivity index (χ0n) is 18.9. The van der Waals surface area contributed by atoms with E-state index in [9.17, 15) is 24.6 Å². The van der Waals surface area contributed by atoms with Crippen molar-refractivity contribution in [3.8, 4) is 11.5 Å². The van der Waals surface area contributed by atoms with Gasteiger partial charge < -0.3 is 34.5 Å². The van der Waals surface area contributed by atoms with Crippen LogP contribution in [0.15, 0.2) is 45.7 Å². The number of hydrogen-bond acceptors (Lipinski definition) is 7. The number of carbonyl (C=O) groups excluding carboxylic acids is 2. The zero-order chi connectivity index (χ0) is 24.6. The van der Waals surface area contributed by atoms with Gasteiger partial charge in [0.25, 0.3) is 5.91 Å². The van der Waals surface area contributed by atoms with E-state index in [0.717, 1.165) is 11.1 Å². The molecular weight excluding hydrogens is 440 g/mol. The number of rotatable bonds is 7. The summed E-state index contributed by atoms with van der Waals surface area (Å²) in [5.41, 5.74) is 3.12. The molecule has 4 rings (SSSR count). The van der Waals surface area contributed by atoms with Crippen LogP contribution in [0.1, 0.15) is 22.3 Å². The van der Waals surface area contributed by atoms with Crippen LogP contribution in [-0.4, -0.2) is 34.6 Å². The Kier molecular flexibility index (Phi) is 6.02. The van der Waals surface area contributed by atoms with Crippen molar-refractivity contribution in [2.75, 3.05) is 6.61 Å². The molecule has 0 aliphatic carbocycles. The molecule has 9 heteroatoms.